The smallest absolute Gasteiger partial charge is 0.271 e. The number of H-pyrrole nitrogens is 1. The van der Waals surface area contributed by atoms with E-state index in [4.69, 9.17) is 0 Å². The van der Waals surface area contributed by atoms with Crippen molar-refractivity contribution in [3.8, 4) is 10.6 Å². The minimum Gasteiger partial charge on any atom is -0.349 e. The minimum absolute atomic E-state index is 0.0998. The molecule has 0 bridgehead atoms. The van der Waals surface area contributed by atoms with E-state index in [0.717, 1.165) is 23.4 Å². The molecule has 1 fully saturated rings. The van der Waals surface area contributed by atoms with Crippen molar-refractivity contribution in [2.75, 3.05) is 20.6 Å². The lowest BCUT2D eigenvalue weighted by Gasteiger charge is -2.36. The van der Waals surface area contributed by atoms with Gasteiger partial charge in [-0.15, -0.1) is 11.3 Å². The molecule has 0 unspecified atom stereocenters. The summed E-state index contributed by atoms with van der Waals surface area (Å²) in [6.07, 6.45) is 4.75. The number of rotatable bonds is 5. The summed E-state index contributed by atoms with van der Waals surface area (Å²) in [5.74, 6) is -0.104. The van der Waals surface area contributed by atoms with E-state index in [1.54, 1.807) is 11.3 Å². The van der Waals surface area contributed by atoms with Crippen molar-refractivity contribution in [1.82, 2.24) is 20.4 Å². The number of nitrogens with zero attached hydrogens (tertiary/aromatic N) is 2. The van der Waals surface area contributed by atoms with Gasteiger partial charge in [0.05, 0.1) is 10.6 Å². The Balaban J connectivity index is 1.65. The van der Waals surface area contributed by atoms with E-state index in [-0.39, 0.29) is 11.4 Å². The number of carbonyl (C=O) groups excluding carboxylic acids is 1. The molecule has 1 aliphatic carbocycles. The molecule has 2 aromatic rings. The second-order valence-corrected chi connectivity index (χ2v) is 7.10. The van der Waals surface area contributed by atoms with Crippen molar-refractivity contribution in [3.05, 3.63) is 29.3 Å². The zero-order valence-corrected chi connectivity index (χ0v) is 13.9. The van der Waals surface area contributed by atoms with Gasteiger partial charge in [-0.05, 0) is 44.4 Å². The Morgan fingerprint density at radius 3 is 2.86 bits per heavy atom. The number of likely N-dealkylation sites (N-methyl/N-ethyl adjacent to an activating group) is 1. The van der Waals surface area contributed by atoms with E-state index in [1.807, 2.05) is 23.6 Å². The Morgan fingerprint density at radius 1 is 1.45 bits per heavy atom. The number of nitrogens with one attached hydrogen (secondary N) is 2. The molecule has 22 heavy (non-hydrogen) atoms. The van der Waals surface area contributed by atoms with Gasteiger partial charge in [-0.3, -0.25) is 9.89 Å². The second kappa shape index (κ2) is 6.22. The lowest BCUT2D eigenvalue weighted by molar-refractivity contribution is 0.0895. The van der Waals surface area contributed by atoms with Gasteiger partial charge in [-0.1, -0.05) is 18.9 Å². The van der Waals surface area contributed by atoms with Crippen molar-refractivity contribution < 1.29 is 4.79 Å². The fourth-order valence-electron chi connectivity index (χ4n) is 3.15. The molecule has 1 saturated carbocycles. The summed E-state index contributed by atoms with van der Waals surface area (Å²) in [5, 5.41) is 12.2. The fourth-order valence-corrected chi connectivity index (χ4v) is 3.84. The van der Waals surface area contributed by atoms with Crippen molar-refractivity contribution in [3.63, 3.8) is 0 Å². The molecule has 0 aliphatic heterocycles. The van der Waals surface area contributed by atoms with Gasteiger partial charge in [0.1, 0.15) is 0 Å². The average molecular weight is 318 g/mol. The molecule has 2 aromatic heterocycles. The normalized spacial score (nSPS) is 17.0. The summed E-state index contributed by atoms with van der Waals surface area (Å²) in [7, 11) is 4.20. The summed E-state index contributed by atoms with van der Waals surface area (Å²) in [6, 6.07) is 5.82. The van der Waals surface area contributed by atoms with Crippen LogP contribution in [0.25, 0.3) is 10.6 Å². The van der Waals surface area contributed by atoms with Crippen LogP contribution in [0.4, 0.5) is 0 Å². The van der Waals surface area contributed by atoms with Crippen molar-refractivity contribution in [2.45, 2.75) is 31.2 Å². The van der Waals surface area contributed by atoms with E-state index in [0.29, 0.717) is 12.2 Å². The second-order valence-electron chi connectivity index (χ2n) is 6.15. The molecule has 1 amide bonds. The fraction of sp³-hybridized carbons (Fsp3) is 0.500. The average Bonchev–Trinajstić information content (AvgIpc) is 3.24. The van der Waals surface area contributed by atoms with Gasteiger partial charge in [-0.2, -0.15) is 5.10 Å². The Labute approximate surface area is 134 Å². The van der Waals surface area contributed by atoms with Crippen LogP contribution in [0.15, 0.2) is 23.6 Å². The highest BCUT2D eigenvalue weighted by Gasteiger charge is 2.36. The number of aromatic nitrogens is 2. The Hall–Kier alpha value is -1.66. The first kappa shape index (κ1) is 15.2. The SMILES string of the molecule is CN(C)C1(CNC(=O)c2cc(-c3cccs3)[nH]n2)CCCC1. The molecule has 118 valence electrons. The van der Waals surface area contributed by atoms with Crippen LogP contribution in [0.5, 0.6) is 0 Å². The van der Waals surface area contributed by atoms with Gasteiger partial charge >= 0.3 is 0 Å². The molecule has 1 aliphatic rings. The first-order chi connectivity index (χ1) is 10.6. The lowest BCUT2D eigenvalue weighted by Crippen LogP contribution is -2.50. The van der Waals surface area contributed by atoms with E-state index >= 15 is 0 Å². The summed E-state index contributed by atoms with van der Waals surface area (Å²) < 4.78 is 0. The van der Waals surface area contributed by atoms with Crippen molar-refractivity contribution in [2.24, 2.45) is 0 Å². The molecule has 2 heterocycles. The van der Waals surface area contributed by atoms with Crippen molar-refractivity contribution in [1.29, 1.82) is 0 Å². The summed E-state index contributed by atoms with van der Waals surface area (Å²) in [4.78, 5) is 15.7. The van der Waals surface area contributed by atoms with Crippen LogP contribution in [0.3, 0.4) is 0 Å². The topological polar surface area (TPSA) is 61.0 Å². The molecular formula is C16H22N4OS. The molecule has 0 spiro atoms. The predicted octanol–water partition coefficient (Wildman–Crippen LogP) is 2.74. The molecule has 2 N–H and O–H groups in total. The number of thiophene rings is 1. The van der Waals surface area contributed by atoms with Gasteiger partial charge in [0.15, 0.2) is 5.69 Å². The molecule has 0 atom stereocenters. The highest BCUT2D eigenvalue weighted by molar-refractivity contribution is 7.13. The highest BCUT2D eigenvalue weighted by atomic mass is 32.1. The number of hydrogen-bond acceptors (Lipinski definition) is 4. The molecule has 6 heteroatoms. The molecular weight excluding hydrogens is 296 g/mol. The number of carbonyl (C=O) groups is 1. The maximum Gasteiger partial charge on any atom is 0.271 e. The molecule has 5 nitrogen and oxygen atoms in total. The lowest BCUT2D eigenvalue weighted by atomic mass is 9.96. The zero-order valence-electron chi connectivity index (χ0n) is 13.1. The zero-order chi connectivity index (χ0) is 15.6. The Bertz CT molecular complexity index is 626. The van der Waals surface area contributed by atoms with Gasteiger partial charge in [-0.25, -0.2) is 0 Å². The third-order valence-corrected chi connectivity index (χ3v) is 5.56. The first-order valence-corrected chi connectivity index (χ1v) is 8.54. The number of aromatic amines is 1. The van der Waals surface area contributed by atoms with E-state index in [2.05, 4.69) is 34.5 Å². The van der Waals surface area contributed by atoms with Crippen LogP contribution >= 0.6 is 11.3 Å². The van der Waals surface area contributed by atoms with Gasteiger partial charge in [0.2, 0.25) is 0 Å². The van der Waals surface area contributed by atoms with Crippen LogP contribution in [0.2, 0.25) is 0 Å². The largest absolute Gasteiger partial charge is 0.349 e. The number of amides is 1. The monoisotopic (exact) mass is 318 g/mol. The predicted molar refractivity (Wildman–Crippen MR) is 89.1 cm³/mol. The molecule has 0 radical (unpaired) electrons. The quantitative estimate of drug-likeness (QED) is 0.891. The van der Waals surface area contributed by atoms with Gasteiger partial charge in [0.25, 0.3) is 5.91 Å². The third kappa shape index (κ3) is 2.94. The highest BCUT2D eigenvalue weighted by Crippen LogP contribution is 2.33. The number of hydrogen-bond donors (Lipinski definition) is 2. The van der Waals surface area contributed by atoms with Gasteiger partial charge < -0.3 is 10.2 Å². The molecule has 3 rings (SSSR count). The van der Waals surface area contributed by atoms with Gasteiger partial charge in [0, 0.05) is 12.1 Å². The minimum atomic E-state index is -0.104. The van der Waals surface area contributed by atoms with Crippen LogP contribution < -0.4 is 5.32 Å². The maximum atomic E-state index is 12.3. The third-order valence-electron chi connectivity index (χ3n) is 4.66. The summed E-state index contributed by atoms with van der Waals surface area (Å²) in [6.45, 7) is 0.681. The Kier molecular flexibility index (Phi) is 4.31. The standard InChI is InChI=1S/C16H22N4OS/c1-20(2)16(7-3-4-8-16)11-17-15(21)13-10-12(18-19-13)14-6-5-9-22-14/h5-6,9-10H,3-4,7-8,11H2,1-2H3,(H,17,21)(H,18,19). The first-order valence-electron chi connectivity index (χ1n) is 7.66. The van der Waals surface area contributed by atoms with E-state index in [1.165, 1.54) is 12.8 Å². The molecule has 0 saturated heterocycles. The summed E-state index contributed by atoms with van der Waals surface area (Å²) >= 11 is 1.63. The van der Waals surface area contributed by atoms with Crippen LogP contribution in [-0.4, -0.2) is 47.2 Å². The Morgan fingerprint density at radius 2 is 2.23 bits per heavy atom. The van der Waals surface area contributed by atoms with Crippen LogP contribution in [0.1, 0.15) is 36.2 Å². The van der Waals surface area contributed by atoms with Crippen LogP contribution in [0, 0.1) is 0 Å². The summed E-state index contributed by atoms with van der Waals surface area (Å²) in [5.41, 5.74) is 1.45. The van der Waals surface area contributed by atoms with Crippen molar-refractivity contribution >= 4 is 17.2 Å². The van der Waals surface area contributed by atoms with Crippen LogP contribution in [-0.2, 0) is 0 Å². The molecule has 0 aromatic carbocycles. The maximum absolute atomic E-state index is 12.3. The van der Waals surface area contributed by atoms with E-state index in [9.17, 15) is 4.79 Å². The van der Waals surface area contributed by atoms with E-state index < -0.39 is 0 Å².